The monoisotopic (exact) mass is 336 g/mol. The minimum Gasteiger partial charge on any atom is -0.491 e. The Labute approximate surface area is 152 Å². The minimum absolute atomic E-state index is 0.579. The van der Waals surface area contributed by atoms with Crippen molar-refractivity contribution in [1.82, 2.24) is 0 Å². The summed E-state index contributed by atoms with van der Waals surface area (Å²) in [5.74, 6) is 7.28. The van der Waals surface area contributed by atoms with Crippen molar-refractivity contribution >= 4 is 0 Å². The van der Waals surface area contributed by atoms with E-state index in [1.807, 2.05) is 24.3 Å². The van der Waals surface area contributed by atoms with Crippen molar-refractivity contribution < 1.29 is 9.47 Å². The molecule has 2 heteroatoms. The second kappa shape index (κ2) is 11.3. The lowest BCUT2D eigenvalue weighted by Gasteiger charge is -2.06. The molecule has 0 saturated carbocycles. The van der Waals surface area contributed by atoms with Gasteiger partial charge < -0.3 is 9.47 Å². The third-order valence-corrected chi connectivity index (χ3v) is 3.82. The summed E-state index contributed by atoms with van der Waals surface area (Å²) in [7, 11) is 0. The van der Waals surface area contributed by atoms with Gasteiger partial charge in [0.2, 0.25) is 0 Å². The number of rotatable bonds is 9. The van der Waals surface area contributed by atoms with Gasteiger partial charge in [-0.15, -0.1) is 0 Å². The van der Waals surface area contributed by atoms with Gasteiger partial charge in [-0.1, -0.05) is 44.2 Å². The predicted octanol–water partition coefficient (Wildman–Crippen LogP) is 5.23. The van der Waals surface area contributed by atoms with Crippen molar-refractivity contribution in [3.8, 4) is 17.6 Å². The third kappa shape index (κ3) is 7.45. The van der Waals surface area contributed by atoms with Crippen LogP contribution in [0.3, 0.4) is 0 Å². The molecule has 0 fully saturated rings. The van der Waals surface area contributed by atoms with E-state index in [1.165, 1.54) is 18.4 Å². The van der Waals surface area contributed by atoms with Crippen LogP contribution < -0.4 is 4.74 Å². The Balaban J connectivity index is 1.83. The van der Waals surface area contributed by atoms with Crippen molar-refractivity contribution in [3.63, 3.8) is 0 Å². The minimum atomic E-state index is 0.579. The van der Waals surface area contributed by atoms with Gasteiger partial charge in [-0.2, -0.15) is 0 Å². The quantitative estimate of drug-likeness (QED) is 0.461. The van der Waals surface area contributed by atoms with Crippen LogP contribution in [-0.4, -0.2) is 19.8 Å². The van der Waals surface area contributed by atoms with Gasteiger partial charge in [0.1, 0.15) is 12.4 Å². The summed E-state index contributed by atoms with van der Waals surface area (Å²) in [5, 5.41) is 0. The molecule has 0 amide bonds. The Kier molecular flexibility index (Phi) is 8.66. The fourth-order valence-electron chi connectivity index (χ4n) is 2.38. The summed E-state index contributed by atoms with van der Waals surface area (Å²) in [6.45, 7) is 6.31. The summed E-state index contributed by atoms with van der Waals surface area (Å²) in [5.41, 5.74) is 3.43. The molecule has 0 atom stereocenters. The molecule has 0 aromatic heterocycles. The van der Waals surface area contributed by atoms with Crippen molar-refractivity contribution in [1.29, 1.82) is 0 Å². The molecular weight excluding hydrogens is 308 g/mol. The highest BCUT2D eigenvalue weighted by atomic mass is 16.5. The summed E-state index contributed by atoms with van der Waals surface area (Å²) >= 11 is 0. The summed E-state index contributed by atoms with van der Waals surface area (Å²) in [6.07, 6.45) is 4.65. The maximum atomic E-state index is 5.64. The average molecular weight is 336 g/mol. The summed E-state index contributed by atoms with van der Waals surface area (Å²) in [6, 6.07) is 16.5. The topological polar surface area (TPSA) is 18.5 Å². The Bertz CT molecular complexity index is 660. The number of hydrogen-bond donors (Lipinski definition) is 0. The molecular formula is C23H28O2. The smallest absolute Gasteiger partial charge is 0.119 e. The van der Waals surface area contributed by atoms with E-state index in [1.54, 1.807) is 0 Å². The fraction of sp³-hybridized carbons (Fsp3) is 0.391. The predicted molar refractivity (Wildman–Crippen MR) is 104 cm³/mol. The highest BCUT2D eigenvalue weighted by molar-refractivity contribution is 5.44. The van der Waals surface area contributed by atoms with Crippen LogP contribution in [0.4, 0.5) is 0 Å². The zero-order chi connectivity index (χ0) is 17.7. The van der Waals surface area contributed by atoms with E-state index in [9.17, 15) is 0 Å². The molecule has 0 saturated heterocycles. The second-order valence-electron chi connectivity index (χ2n) is 6.04. The zero-order valence-corrected chi connectivity index (χ0v) is 15.4. The van der Waals surface area contributed by atoms with Crippen LogP contribution in [0.2, 0.25) is 0 Å². The largest absolute Gasteiger partial charge is 0.491 e. The van der Waals surface area contributed by atoms with Crippen LogP contribution in [0.15, 0.2) is 48.5 Å². The second-order valence-corrected chi connectivity index (χ2v) is 6.04. The van der Waals surface area contributed by atoms with Crippen molar-refractivity contribution in [2.24, 2.45) is 0 Å². The fourth-order valence-corrected chi connectivity index (χ4v) is 2.38. The van der Waals surface area contributed by atoms with Gasteiger partial charge in [-0.3, -0.25) is 0 Å². The number of ether oxygens (including phenoxy) is 2. The normalized spacial score (nSPS) is 10.2. The molecule has 0 aliphatic rings. The molecule has 0 bridgehead atoms. The number of benzene rings is 2. The van der Waals surface area contributed by atoms with Crippen molar-refractivity contribution in [2.75, 3.05) is 19.8 Å². The van der Waals surface area contributed by atoms with Crippen LogP contribution in [-0.2, 0) is 11.2 Å². The SMILES string of the molecule is CCCCc1ccc(C#Cc2ccc(OCCOCCC)cc2)cc1. The van der Waals surface area contributed by atoms with E-state index in [2.05, 4.69) is 50.0 Å². The van der Waals surface area contributed by atoms with Gasteiger partial charge in [0.15, 0.2) is 0 Å². The lowest BCUT2D eigenvalue weighted by molar-refractivity contribution is 0.101. The first-order valence-electron chi connectivity index (χ1n) is 9.23. The maximum Gasteiger partial charge on any atom is 0.119 e. The van der Waals surface area contributed by atoms with E-state index < -0.39 is 0 Å². The van der Waals surface area contributed by atoms with Crippen molar-refractivity contribution in [3.05, 3.63) is 65.2 Å². The van der Waals surface area contributed by atoms with Crippen molar-refractivity contribution in [2.45, 2.75) is 39.5 Å². The molecule has 0 aliphatic heterocycles. The number of hydrogen-bond acceptors (Lipinski definition) is 2. The zero-order valence-electron chi connectivity index (χ0n) is 15.4. The molecule has 132 valence electrons. The molecule has 25 heavy (non-hydrogen) atoms. The van der Waals surface area contributed by atoms with Gasteiger partial charge in [0.25, 0.3) is 0 Å². The van der Waals surface area contributed by atoms with Gasteiger partial charge in [0, 0.05) is 17.7 Å². The van der Waals surface area contributed by atoms with E-state index in [0.717, 1.165) is 36.3 Å². The molecule has 2 aromatic carbocycles. The van der Waals surface area contributed by atoms with Gasteiger partial charge >= 0.3 is 0 Å². The summed E-state index contributed by atoms with van der Waals surface area (Å²) < 4.78 is 11.0. The van der Waals surface area contributed by atoms with E-state index in [-0.39, 0.29) is 0 Å². The molecule has 0 radical (unpaired) electrons. The maximum absolute atomic E-state index is 5.64. The van der Waals surface area contributed by atoms with Gasteiger partial charge in [0.05, 0.1) is 6.61 Å². The van der Waals surface area contributed by atoms with Gasteiger partial charge in [-0.25, -0.2) is 0 Å². The highest BCUT2D eigenvalue weighted by Crippen LogP contribution is 2.12. The van der Waals surface area contributed by atoms with E-state index in [4.69, 9.17) is 9.47 Å². The third-order valence-electron chi connectivity index (χ3n) is 3.82. The van der Waals surface area contributed by atoms with E-state index >= 15 is 0 Å². The molecule has 0 N–H and O–H groups in total. The van der Waals surface area contributed by atoms with Crippen LogP contribution >= 0.6 is 0 Å². The Morgan fingerprint density at radius 3 is 1.96 bits per heavy atom. The lowest BCUT2D eigenvalue weighted by atomic mass is 10.1. The number of aryl methyl sites for hydroxylation is 1. The molecule has 2 rings (SSSR count). The Morgan fingerprint density at radius 1 is 0.720 bits per heavy atom. The lowest BCUT2D eigenvalue weighted by Crippen LogP contribution is -2.06. The Morgan fingerprint density at radius 2 is 1.36 bits per heavy atom. The van der Waals surface area contributed by atoms with E-state index in [0.29, 0.717) is 13.2 Å². The van der Waals surface area contributed by atoms with Crippen LogP contribution in [0.1, 0.15) is 49.8 Å². The van der Waals surface area contributed by atoms with Crippen LogP contribution in [0.5, 0.6) is 5.75 Å². The standard InChI is InChI=1S/C23H28O2/c1-3-5-6-20-7-9-21(10-8-20)11-12-22-13-15-23(16-14-22)25-19-18-24-17-4-2/h7-10,13-16H,3-6,17-19H2,1-2H3. The van der Waals surface area contributed by atoms with Crippen LogP contribution in [0, 0.1) is 11.8 Å². The molecule has 0 unspecified atom stereocenters. The first-order chi connectivity index (χ1) is 12.3. The van der Waals surface area contributed by atoms with Crippen LogP contribution in [0.25, 0.3) is 0 Å². The number of unbranched alkanes of at least 4 members (excludes halogenated alkanes) is 1. The highest BCUT2D eigenvalue weighted by Gasteiger charge is 1.95. The Hall–Kier alpha value is -2.24. The van der Waals surface area contributed by atoms with Gasteiger partial charge in [-0.05, 0) is 61.2 Å². The first kappa shape index (κ1) is 19.1. The molecule has 0 heterocycles. The average Bonchev–Trinajstić information content (AvgIpc) is 2.66. The molecule has 0 spiro atoms. The molecule has 2 aromatic rings. The molecule has 2 nitrogen and oxygen atoms in total. The first-order valence-corrected chi connectivity index (χ1v) is 9.23. The molecule has 0 aliphatic carbocycles. The summed E-state index contributed by atoms with van der Waals surface area (Å²) in [4.78, 5) is 0.